The topological polar surface area (TPSA) is 39.2 Å². The summed E-state index contributed by atoms with van der Waals surface area (Å²) in [6.45, 7) is 2.21. The summed E-state index contributed by atoms with van der Waals surface area (Å²) in [7, 11) is 0. The molecular formula is C14H15NO2S. The third-order valence-corrected chi connectivity index (χ3v) is 3.50. The number of pyridine rings is 1. The van der Waals surface area contributed by atoms with Crippen molar-refractivity contribution in [2.24, 2.45) is 0 Å². The maximum Gasteiger partial charge on any atom is 0.315 e. The zero-order valence-corrected chi connectivity index (χ0v) is 11.0. The van der Waals surface area contributed by atoms with Crippen LogP contribution in [-0.2, 0) is 16.0 Å². The molecule has 0 aromatic carbocycles. The van der Waals surface area contributed by atoms with Crippen molar-refractivity contribution in [2.45, 2.75) is 19.3 Å². The third-order valence-electron chi connectivity index (χ3n) is 2.60. The fourth-order valence-corrected chi connectivity index (χ4v) is 2.52. The Bertz CT molecular complexity index is 482. The lowest BCUT2D eigenvalue weighted by Crippen LogP contribution is -2.19. The Morgan fingerprint density at radius 2 is 2.28 bits per heavy atom. The zero-order chi connectivity index (χ0) is 12.8. The molecule has 0 amide bonds. The van der Waals surface area contributed by atoms with Gasteiger partial charge in [0.15, 0.2) is 0 Å². The summed E-state index contributed by atoms with van der Waals surface area (Å²) in [6, 6.07) is 9.62. The van der Waals surface area contributed by atoms with Gasteiger partial charge in [-0.2, -0.15) is 0 Å². The molecule has 0 radical (unpaired) electrons. The smallest absolute Gasteiger partial charge is 0.315 e. The fourth-order valence-electron chi connectivity index (χ4n) is 1.76. The number of aromatic nitrogens is 1. The van der Waals surface area contributed by atoms with E-state index in [-0.39, 0.29) is 11.9 Å². The molecule has 0 aliphatic heterocycles. The Balaban J connectivity index is 2.20. The second-order valence-corrected chi connectivity index (χ2v) is 4.87. The van der Waals surface area contributed by atoms with Gasteiger partial charge in [-0.25, -0.2) is 0 Å². The van der Waals surface area contributed by atoms with Crippen LogP contribution in [0.1, 0.15) is 23.4 Å². The second kappa shape index (κ2) is 6.31. The average molecular weight is 261 g/mol. The Morgan fingerprint density at radius 1 is 1.39 bits per heavy atom. The molecule has 2 aromatic rings. The van der Waals surface area contributed by atoms with E-state index in [0.717, 1.165) is 5.69 Å². The molecule has 0 saturated carbocycles. The maximum absolute atomic E-state index is 12.0. The second-order valence-electron chi connectivity index (χ2n) is 3.84. The first-order chi connectivity index (χ1) is 8.81. The van der Waals surface area contributed by atoms with E-state index in [1.807, 2.05) is 42.6 Å². The maximum atomic E-state index is 12.0. The highest BCUT2D eigenvalue weighted by Crippen LogP contribution is 2.23. The first-order valence-electron chi connectivity index (χ1n) is 5.91. The highest BCUT2D eigenvalue weighted by Gasteiger charge is 2.23. The van der Waals surface area contributed by atoms with Crippen molar-refractivity contribution >= 4 is 17.3 Å². The average Bonchev–Trinajstić information content (AvgIpc) is 2.90. The molecule has 2 aromatic heterocycles. The van der Waals surface area contributed by atoms with Gasteiger partial charge in [0.2, 0.25) is 0 Å². The van der Waals surface area contributed by atoms with Crippen LogP contribution in [0.15, 0.2) is 41.9 Å². The first kappa shape index (κ1) is 12.8. The Hall–Kier alpha value is -1.68. The summed E-state index contributed by atoms with van der Waals surface area (Å²) in [5, 5.41) is 2.01. The van der Waals surface area contributed by atoms with E-state index in [0.29, 0.717) is 13.0 Å². The van der Waals surface area contributed by atoms with Crippen LogP contribution in [0, 0.1) is 0 Å². The van der Waals surface area contributed by atoms with Crippen LogP contribution in [0.25, 0.3) is 0 Å². The van der Waals surface area contributed by atoms with Crippen molar-refractivity contribution in [3.8, 4) is 0 Å². The summed E-state index contributed by atoms with van der Waals surface area (Å²) < 4.78 is 5.13. The van der Waals surface area contributed by atoms with Gasteiger partial charge in [-0.3, -0.25) is 9.78 Å². The van der Waals surface area contributed by atoms with Crippen molar-refractivity contribution < 1.29 is 9.53 Å². The van der Waals surface area contributed by atoms with Crippen molar-refractivity contribution in [3.63, 3.8) is 0 Å². The van der Waals surface area contributed by atoms with Gasteiger partial charge in [-0.05, 0) is 30.5 Å². The monoisotopic (exact) mass is 261 g/mol. The summed E-state index contributed by atoms with van der Waals surface area (Å²) in [6.07, 6.45) is 2.35. The largest absolute Gasteiger partial charge is 0.465 e. The Labute approximate surface area is 110 Å². The van der Waals surface area contributed by atoms with E-state index >= 15 is 0 Å². The van der Waals surface area contributed by atoms with Gasteiger partial charge in [0.25, 0.3) is 0 Å². The highest BCUT2D eigenvalue weighted by atomic mass is 32.1. The van der Waals surface area contributed by atoms with E-state index < -0.39 is 0 Å². The number of carbonyl (C=O) groups is 1. The summed E-state index contributed by atoms with van der Waals surface area (Å²) in [5.74, 6) is -0.519. The Morgan fingerprint density at radius 3 is 2.89 bits per heavy atom. The highest BCUT2D eigenvalue weighted by molar-refractivity contribution is 7.09. The quantitative estimate of drug-likeness (QED) is 0.777. The van der Waals surface area contributed by atoms with Crippen LogP contribution in [-0.4, -0.2) is 17.6 Å². The van der Waals surface area contributed by atoms with Gasteiger partial charge in [-0.15, -0.1) is 11.3 Å². The van der Waals surface area contributed by atoms with E-state index in [2.05, 4.69) is 4.98 Å². The number of hydrogen-bond donors (Lipinski definition) is 0. The minimum Gasteiger partial charge on any atom is -0.465 e. The lowest BCUT2D eigenvalue weighted by atomic mass is 10.00. The predicted octanol–water partition coefficient (Wildman–Crippen LogP) is 3.03. The molecule has 3 nitrogen and oxygen atoms in total. The van der Waals surface area contributed by atoms with Crippen molar-refractivity contribution in [1.29, 1.82) is 0 Å². The lowest BCUT2D eigenvalue weighted by Gasteiger charge is -2.14. The number of hydrogen-bond acceptors (Lipinski definition) is 4. The molecular weight excluding hydrogens is 246 g/mol. The molecule has 94 valence electrons. The first-order valence-corrected chi connectivity index (χ1v) is 6.79. The SMILES string of the molecule is CCOC(=O)C(Cc1cccs1)c1ccccn1. The normalized spacial score (nSPS) is 12.1. The lowest BCUT2D eigenvalue weighted by molar-refractivity contribution is -0.145. The van der Waals surface area contributed by atoms with E-state index in [4.69, 9.17) is 4.74 Å². The molecule has 0 saturated heterocycles. The van der Waals surface area contributed by atoms with Gasteiger partial charge >= 0.3 is 5.97 Å². The molecule has 18 heavy (non-hydrogen) atoms. The third kappa shape index (κ3) is 3.17. The number of carbonyl (C=O) groups excluding carboxylic acids is 1. The molecule has 2 rings (SSSR count). The summed E-state index contributed by atoms with van der Waals surface area (Å²) in [4.78, 5) is 17.4. The number of nitrogens with zero attached hydrogens (tertiary/aromatic N) is 1. The van der Waals surface area contributed by atoms with Gasteiger partial charge in [-0.1, -0.05) is 12.1 Å². The molecule has 0 bridgehead atoms. The van der Waals surface area contributed by atoms with E-state index in [9.17, 15) is 4.79 Å². The van der Waals surface area contributed by atoms with E-state index in [1.165, 1.54) is 4.88 Å². The molecule has 4 heteroatoms. The summed E-state index contributed by atoms with van der Waals surface area (Å²) >= 11 is 1.65. The van der Waals surface area contributed by atoms with Crippen LogP contribution >= 0.6 is 11.3 Å². The van der Waals surface area contributed by atoms with Gasteiger partial charge in [0, 0.05) is 17.5 Å². The van der Waals surface area contributed by atoms with Crippen LogP contribution in [0.3, 0.4) is 0 Å². The van der Waals surface area contributed by atoms with Crippen LogP contribution in [0.4, 0.5) is 0 Å². The summed E-state index contributed by atoms with van der Waals surface area (Å²) in [5.41, 5.74) is 0.768. The molecule has 0 spiro atoms. The van der Waals surface area contributed by atoms with Crippen molar-refractivity contribution in [2.75, 3.05) is 6.61 Å². The molecule has 2 heterocycles. The van der Waals surface area contributed by atoms with Gasteiger partial charge in [0.1, 0.15) is 5.92 Å². The molecule has 1 unspecified atom stereocenters. The molecule has 0 aliphatic carbocycles. The minimum absolute atomic E-state index is 0.204. The van der Waals surface area contributed by atoms with Gasteiger partial charge < -0.3 is 4.74 Å². The van der Waals surface area contributed by atoms with Crippen LogP contribution in [0.5, 0.6) is 0 Å². The minimum atomic E-state index is -0.315. The Kier molecular flexibility index (Phi) is 4.47. The predicted molar refractivity (Wildman–Crippen MR) is 71.6 cm³/mol. The molecule has 0 N–H and O–H groups in total. The molecule has 1 atom stereocenters. The van der Waals surface area contributed by atoms with E-state index in [1.54, 1.807) is 17.5 Å². The van der Waals surface area contributed by atoms with Crippen molar-refractivity contribution in [3.05, 3.63) is 52.5 Å². The number of esters is 1. The molecule has 0 fully saturated rings. The molecule has 0 aliphatic rings. The number of thiophene rings is 1. The van der Waals surface area contributed by atoms with Crippen LogP contribution in [0.2, 0.25) is 0 Å². The van der Waals surface area contributed by atoms with Gasteiger partial charge in [0.05, 0.1) is 12.3 Å². The fraction of sp³-hybridized carbons (Fsp3) is 0.286. The van der Waals surface area contributed by atoms with Crippen molar-refractivity contribution in [1.82, 2.24) is 4.98 Å². The zero-order valence-electron chi connectivity index (χ0n) is 10.2. The standard InChI is InChI=1S/C14H15NO2S/c1-2-17-14(16)12(10-11-6-5-9-18-11)13-7-3-4-8-15-13/h3-9,12H,2,10H2,1H3. The number of rotatable bonds is 5. The number of ether oxygens (including phenoxy) is 1. The van der Waals surface area contributed by atoms with Crippen LogP contribution < -0.4 is 0 Å².